The van der Waals surface area contributed by atoms with Crippen molar-refractivity contribution in [3.05, 3.63) is 12.2 Å². The van der Waals surface area contributed by atoms with Gasteiger partial charge in [-0.3, -0.25) is 4.99 Å². The summed E-state index contributed by atoms with van der Waals surface area (Å²) in [7, 11) is 0. The van der Waals surface area contributed by atoms with E-state index in [0.717, 1.165) is 18.9 Å². The molecule has 1 atom stereocenters. The first-order valence-electron chi connectivity index (χ1n) is 4.65. The Bertz CT molecular complexity index is 191. The van der Waals surface area contributed by atoms with Crippen molar-refractivity contribution in [1.29, 1.82) is 0 Å². The molecule has 0 fully saturated rings. The summed E-state index contributed by atoms with van der Waals surface area (Å²) in [6.45, 7) is 1.08. The molecule has 1 unspecified atom stereocenters. The Balaban J connectivity index is 2.13. The van der Waals surface area contributed by atoms with Crippen LogP contribution in [-0.4, -0.2) is 12.3 Å². The highest BCUT2D eigenvalue weighted by atomic mass is 14.7. The first-order chi connectivity index (χ1) is 5.47. The number of rotatable bonds is 0. The molecule has 1 aliphatic heterocycles. The lowest BCUT2D eigenvalue weighted by atomic mass is 9.89. The molecule has 0 aromatic heterocycles. The van der Waals surface area contributed by atoms with E-state index in [1.807, 2.05) is 0 Å². The highest BCUT2D eigenvalue weighted by Gasteiger charge is 2.17. The predicted molar refractivity (Wildman–Crippen MR) is 48.0 cm³/mol. The van der Waals surface area contributed by atoms with Crippen LogP contribution in [0, 0.1) is 5.92 Å². The molecule has 0 N–H and O–H groups in total. The second-order valence-electron chi connectivity index (χ2n) is 3.48. The average molecular weight is 149 g/mol. The van der Waals surface area contributed by atoms with Gasteiger partial charge >= 0.3 is 0 Å². The molecule has 0 saturated heterocycles. The van der Waals surface area contributed by atoms with E-state index in [9.17, 15) is 0 Å². The third kappa shape index (κ3) is 1.52. The third-order valence-electron chi connectivity index (χ3n) is 2.66. The fraction of sp³-hybridized carbons (Fsp3) is 0.700. The van der Waals surface area contributed by atoms with Gasteiger partial charge in [0.1, 0.15) is 0 Å². The van der Waals surface area contributed by atoms with Crippen molar-refractivity contribution in [2.24, 2.45) is 10.9 Å². The number of nitrogens with zero attached hydrogens (tertiary/aromatic N) is 1. The Morgan fingerprint density at radius 2 is 2.27 bits per heavy atom. The van der Waals surface area contributed by atoms with Crippen LogP contribution in [0.4, 0.5) is 0 Å². The zero-order chi connectivity index (χ0) is 7.52. The minimum Gasteiger partial charge on any atom is -0.294 e. The van der Waals surface area contributed by atoms with Gasteiger partial charge in [0.05, 0.1) is 0 Å². The number of fused-ring (bicyclic) bond motifs is 1. The molecule has 2 rings (SSSR count). The van der Waals surface area contributed by atoms with Crippen LogP contribution in [0.2, 0.25) is 0 Å². The standard InChI is InChI=1S/C10H15N/c1-2-7-10-9(5-1)6-3-4-8-11-10/h1-2,9H,3-8H2. The molecule has 60 valence electrons. The molecule has 0 spiro atoms. The van der Waals surface area contributed by atoms with E-state index < -0.39 is 0 Å². The Morgan fingerprint density at radius 3 is 3.27 bits per heavy atom. The fourth-order valence-electron chi connectivity index (χ4n) is 1.97. The van der Waals surface area contributed by atoms with Gasteiger partial charge in [-0.15, -0.1) is 0 Å². The maximum absolute atomic E-state index is 4.61. The van der Waals surface area contributed by atoms with Gasteiger partial charge in [0.2, 0.25) is 0 Å². The van der Waals surface area contributed by atoms with Crippen LogP contribution in [0.1, 0.15) is 32.1 Å². The molecule has 0 saturated carbocycles. The summed E-state index contributed by atoms with van der Waals surface area (Å²) in [5.41, 5.74) is 1.48. The van der Waals surface area contributed by atoms with Crippen LogP contribution >= 0.6 is 0 Å². The Morgan fingerprint density at radius 1 is 1.27 bits per heavy atom. The number of hydrogen-bond donors (Lipinski definition) is 0. The molecule has 1 aliphatic carbocycles. The van der Waals surface area contributed by atoms with Gasteiger partial charge < -0.3 is 0 Å². The molecule has 0 amide bonds. The molecular formula is C10H15N. The van der Waals surface area contributed by atoms with Gasteiger partial charge in [0.15, 0.2) is 0 Å². The van der Waals surface area contributed by atoms with E-state index in [-0.39, 0.29) is 0 Å². The minimum atomic E-state index is 0.808. The van der Waals surface area contributed by atoms with Crippen LogP contribution in [0.3, 0.4) is 0 Å². The highest BCUT2D eigenvalue weighted by Crippen LogP contribution is 2.24. The van der Waals surface area contributed by atoms with Crippen molar-refractivity contribution in [3.8, 4) is 0 Å². The first-order valence-corrected chi connectivity index (χ1v) is 4.65. The lowest BCUT2D eigenvalue weighted by Gasteiger charge is -2.17. The average Bonchev–Trinajstić information content (AvgIpc) is 2.28. The zero-order valence-electron chi connectivity index (χ0n) is 6.92. The summed E-state index contributed by atoms with van der Waals surface area (Å²) < 4.78 is 0. The smallest absolute Gasteiger partial charge is 0.0388 e. The predicted octanol–water partition coefficient (Wildman–Crippen LogP) is 2.58. The number of allylic oxidation sites excluding steroid dienone is 2. The fourth-order valence-corrected chi connectivity index (χ4v) is 1.97. The van der Waals surface area contributed by atoms with Gasteiger partial charge in [-0.05, 0) is 19.3 Å². The largest absolute Gasteiger partial charge is 0.294 e. The van der Waals surface area contributed by atoms with Crippen molar-refractivity contribution in [2.75, 3.05) is 6.54 Å². The molecule has 11 heavy (non-hydrogen) atoms. The quantitative estimate of drug-likeness (QED) is 0.469. The molecule has 0 aromatic carbocycles. The van der Waals surface area contributed by atoms with E-state index >= 15 is 0 Å². The molecule has 2 aliphatic rings. The topological polar surface area (TPSA) is 12.4 Å². The molecule has 1 heteroatoms. The molecule has 0 bridgehead atoms. The monoisotopic (exact) mass is 149 g/mol. The lowest BCUT2D eigenvalue weighted by molar-refractivity contribution is 0.590. The normalized spacial score (nSPS) is 30.5. The Kier molecular flexibility index (Phi) is 2.06. The van der Waals surface area contributed by atoms with E-state index in [1.165, 1.54) is 31.4 Å². The summed E-state index contributed by atoms with van der Waals surface area (Å²) in [6, 6.07) is 0. The van der Waals surface area contributed by atoms with Gasteiger partial charge in [0, 0.05) is 24.6 Å². The van der Waals surface area contributed by atoms with Crippen LogP contribution in [-0.2, 0) is 0 Å². The maximum atomic E-state index is 4.61. The second-order valence-corrected chi connectivity index (χ2v) is 3.48. The minimum absolute atomic E-state index is 0.808. The lowest BCUT2D eigenvalue weighted by Crippen LogP contribution is -2.15. The molecule has 0 radical (unpaired) electrons. The summed E-state index contributed by atoms with van der Waals surface area (Å²) >= 11 is 0. The summed E-state index contributed by atoms with van der Waals surface area (Å²) in [5.74, 6) is 0.808. The van der Waals surface area contributed by atoms with Gasteiger partial charge in [-0.2, -0.15) is 0 Å². The third-order valence-corrected chi connectivity index (χ3v) is 2.66. The van der Waals surface area contributed by atoms with Crippen LogP contribution in [0.5, 0.6) is 0 Å². The zero-order valence-corrected chi connectivity index (χ0v) is 6.92. The van der Waals surface area contributed by atoms with Gasteiger partial charge in [-0.25, -0.2) is 0 Å². The Hall–Kier alpha value is -0.590. The Labute approximate surface area is 68.2 Å². The van der Waals surface area contributed by atoms with Crippen molar-refractivity contribution in [1.82, 2.24) is 0 Å². The SMILES string of the molecule is C1=CCC2CCCCN=C2C1. The van der Waals surface area contributed by atoms with Crippen molar-refractivity contribution in [2.45, 2.75) is 32.1 Å². The van der Waals surface area contributed by atoms with Crippen molar-refractivity contribution < 1.29 is 0 Å². The maximum Gasteiger partial charge on any atom is 0.0388 e. The van der Waals surface area contributed by atoms with Crippen molar-refractivity contribution >= 4 is 5.71 Å². The molecule has 1 nitrogen and oxygen atoms in total. The second kappa shape index (κ2) is 3.21. The first kappa shape index (κ1) is 7.08. The number of hydrogen-bond acceptors (Lipinski definition) is 1. The molecule has 1 heterocycles. The van der Waals surface area contributed by atoms with E-state index in [2.05, 4.69) is 17.1 Å². The van der Waals surface area contributed by atoms with Gasteiger partial charge in [0.25, 0.3) is 0 Å². The van der Waals surface area contributed by atoms with Crippen molar-refractivity contribution in [3.63, 3.8) is 0 Å². The number of aliphatic imine (C=N–C) groups is 1. The van der Waals surface area contributed by atoms with E-state index in [0.29, 0.717) is 0 Å². The highest BCUT2D eigenvalue weighted by molar-refractivity contribution is 5.89. The van der Waals surface area contributed by atoms with E-state index in [4.69, 9.17) is 0 Å². The van der Waals surface area contributed by atoms with Crippen LogP contribution < -0.4 is 0 Å². The van der Waals surface area contributed by atoms with Crippen LogP contribution in [0.15, 0.2) is 17.1 Å². The summed E-state index contributed by atoms with van der Waals surface area (Å²) in [6.07, 6.45) is 11.0. The summed E-state index contributed by atoms with van der Waals surface area (Å²) in [4.78, 5) is 4.61. The van der Waals surface area contributed by atoms with Crippen LogP contribution in [0.25, 0.3) is 0 Å². The van der Waals surface area contributed by atoms with Gasteiger partial charge in [-0.1, -0.05) is 18.6 Å². The molecule has 0 aromatic rings. The summed E-state index contributed by atoms with van der Waals surface area (Å²) in [5, 5.41) is 0. The van der Waals surface area contributed by atoms with E-state index in [1.54, 1.807) is 0 Å². The molecular weight excluding hydrogens is 134 g/mol.